The maximum absolute atomic E-state index is 13.2. The number of alkyl halides is 3. The summed E-state index contributed by atoms with van der Waals surface area (Å²) in [4.78, 5) is 5.19. The quantitative estimate of drug-likeness (QED) is 0.592. The fourth-order valence-electron chi connectivity index (χ4n) is 2.61. The number of rotatable bonds is 3. The second kappa shape index (κ2) is 6.55. The Morgan fingerprint density at radius 2 is 1.80 bits per heavy atom. The lowest BCUT2D eigenvalue weighted by Crippen LogP contribution is -2.08. The highest BCUT2D eigenvalue weighted by molar-refractivity contribution is 7.98. The lowest BCUT2D eigenvalue weighted by Gasteiger charge is -2.10. The molecule has 7 heteroatoms. The SMILES string of the molecule is CSc1ccc(-n2nc(C(F)(F)F)cc2-c2ccc(C)cc2C)nc1. The molecule has 130 valence electrons. The average molecular weight is 363 g/mol. The Kier molecular flexibility index (Phi) is 4.60. The zero-order valence-electron chi connectivity index (χ0n) is 13.9. The molecule has 0 amide bonds. The molecule has 0 radical (unpaired) electrons. The molecule has 0 bridgehead atoms. The second-order valence-corrected chi connectivity index (χ2v) is 6.58. The summed E-state index contributed by atoms with van der Waals surface area (Å²) in [5.41, 5.74) is 2.07. The van der Waals surface area contributed by atoms with E-state index in [1.807, 2.05) is 44.4 Å². The smallest absolute Gasteiger partial charge is 0.236 e. The van der Waals surface area contributed by atoms with E-state index >= 15 is 0 Å². The van der Waals surface area contributed by atoms with Crippen LogP contribution in [0.5, 0.6) is 0 Å². The van der Waals surface area contributed by atoms with Crippen molar-refractivity contribution in [3.05, 3.63) is 59.4 Å². The van der Waals surface area contributed by atoms with Crippen LogP contribution in [0.15, 0.2) is 47.5 Å². The van der Waals surface area contributed by atoms with Crippen LogP contribution in [0, 0.1) is 13.8 Å². The summed E-state index contributed by atoms with van der Waals surface area (Å²) in [5.74, 6) is 0.350. The normalized spacial score (nSPS) is 11.8. The van der Waals surface area contributed by atoms with Gasteiger partial charge in [-0.25, -0.2) is 9.67 Å². The zero-order chi connectivity index (χ0) is 18.2. The summed E-state index contributed by atoms with van der Waals surface area (Å²) in [7, 11) is 0. The molecule has 0 fully saturated rings. The Balaban J connectivity index is 2.20. The maximum Gasteiger partial charge on any atom is 0.435 e. The van der Waals surface area contributed by atoms with Crippen molar-refractivity contribution < 1.29 is 13.2 Å². The number of aryl methyl sites for hydroxylation is 2. The largest absolute Gasteiger partial charge is 0.435 e. The van der Waals surface area contributed by atoms with Gasteiger partial charge in [-0.3, -0.25) is 0 Å². The molecule has 0 unspecified atom stereocenters. The van der Waals surface area contributed by atoms with Crippen LogP contribution in [0.25, 0.3) is 17.1 Å². The van der Waals surface area contributed by atoms with E-state index in [1.165, 1.54) is 16.4 Å². The van der Waals surface area contributed by atoms with Crippen LogP contribution < -0.4 is 0 Å². The predicted octanol–water partition coefficient (Wildman–Crippen LogP) is 5.29. The number of pyridine rings is 1. The first-order chi connectivity index (χ1) is 11.8. The minimum Gasteiger partial charge on any atom is -0.236 e. The van der Waals surface area contributed by atoms with Crippen molar-refractivity contribution in [3.63, 3.8) is 0 Å². The minimum atomic E-state index is -4.52. The third-order valence-corrected chi connectivity index (χ3v) is 4.54. The molecule has 0 saturated heterocycles. The molecule has 0 N–H and O–H groups in total. The van der Waals surface area contributed by atoms with E-state index in [-0.39, 0.29) is 0 Å². The molecule has 0 aliphatic carbocycles. The first-order valence-electron chi connectivity index (χ1n) is 7.55. The molecule has 3 nitrogen and oxygen atoms in total. The molecule has 0 atom stereocenters. The van der Waals surface area contributed by atoms with E-state index in [0.717, 1.165) is 22.1 Å². The predicted molar refractivity (Wildman–Crippen MR) is 93.1 cm³/mol. The van der Waals surface area contributed by atoms with E-state index in [4.69, 9.17) is 0 Å². The van der Waals surface area contributed by atoms with Crippen molar-refractivity contribution in [2.75, 3.05) is 6.26 Å². The van der Waals surface area contributed by atoms with E-state index in [0.29, 0.717) is 17.1 Å². The molecule has 2 heterocycles. The van der Waals surface area contributed by atoms with Gasteiger partial charge in [0.15, 0.2) is 11.5 Å². The first kappa shape index (κ1) is 17.5. The number of benzene rings is 1. The topological polar surface area (TPSA) is 30.7 Å². The monoisotopic (exact) mass is 363 g/mol. The zero-order valence-corrected chi connectivity index (χ0v) is 14.7. The van der Waals surface area contributed by atoms with E-state index in [9.17, 15) is 13.2 Å². The number of halogens is 3. The number of aromatic nitrogens is 3. The molecule has 1 aromatic carbocycles. The van der Waals surface area contributed by atoms with Crippen molar-refractivity contribution in [2.24, 2.45) is 0 Å². The number of hydrogen-bond acceptors (Lipinski definition) is 3. The van der Waals surface area contributed by atoms with Crippen LogP contribution in [-0.4, -0.2) is 21.0 Å². The Morgan fingerprint density at radius 3 is 2.36 bits per heavy atom. The van der Waals surface area contributed by atoms with Crippen LogP contribution in [0.3, 0.4) is 0 Å². The lowest BCUT2D eigenvalue weighted by molar-refractivity contribution is -0.141. The fraction of sp³-hybridized carbons (Fsp3) is 0.222. The van der Waals surface area contributed by atoms with E-state index < -0.39 is 11.9 Å². The van der Waals surface area contributed by atoms with Gasteiger partial charge in [-0.05, 0) is 43.9 Å². The van der Waals surface area contributed by atoms with Crippen LogP contribution >= 0.6 is 11.8 Å². The van der Waals surface area contributed by atoms with Gasteiger partial charge >= 0.3 is 6.18 Å². The van der Waals surface area contributed by atoms with Crippen LogP contribution in [0.4, 0.5) is 13.2 Å². The van der Waals surface area contributed by atoms with Gasteiger partial charge in [-0.2, -0.15) is 18.3 Å². The Labute approximate surface area is 147 Å². The molecule has 2 aromatic heterocycles. The minimum absolute atomic E-state index is 0.350. The third-order valence-electron chi connectivity index (χ3n) is 3.83. The number of thioether (sulfide) groups is 1. The Bertz CT molecular complexity index is 899. The first-order valence-corrected chi connectivity index (χ1v) is 8.77. The van der Waals surface area contributed by atoms with Crippen molar-refractivity contribution in [3.8, 4) is 17.1 Å². The summed E-state index contributed by atoms with van der Waals surface area (Å²) < 4.78 is 40.8. The molecule has 0 spiro atoms. The Hall–Kier alpha value is -2.28. The number of hydrogen-bond donors (Lipinski definition) is 0. The standard InChI is InChI=1S/C18H16F3N3S/c1-11-4-6-14(12(2)8-11)15-9-16(18(19,20)21)23-24(15)17-7-5-13(25-3)10-22-17/h4-10H,1-3H3. The lowest BCUT2D eigenvalue weighted by atomic mass is 10.0. The van der Waals surface area contributed by atoms with E-state index in [2.05, 4.69) is 10.1 Å². The van der Waals surface area contributed by atoms with Crippen LogP contribution in [-0.2, 0) is 6.18 Å². The third kappa shape index (κ3) is 3.56. The number of nitrogens with zero attached hydrogens (tertiary/aromatic N) is 3. The summed E-state index contributed by atoms with van der Waals surface area (Å²) in [5, 5.41) is 3.77. The summed E-state index contributed by atoms with van der Waals surface area (Å²) in [6, 6.07) is 10.2. The highest BCUT2D eigenvalue weighted by Gasteiger charge is 2.35. The van der Waals surface area contributed by atoms with Gasteiger partial charge < -0.3 is 0 Å². The molecule has 25 heavy (non-hydrogen) atoms. The molecular weight excluding hydrogens is 347 g/mol. The molecular formula is C18H16F3N3S. The van der Waals surface area contributed by atoms with Crippen LogP contribution in [0.1, 0.15) is 16.8 Å². The van der Waals surface area contributed by atoms with Crippen molar-refractivity contribution in [1.29, 1.82) is 0 Å². The summed E-state index contributed by atoms with van der Waals surface area (Å²) >= 11 is 1.51. The van der Waals surface area contributed by atoms with Gasteiger partial charge in [0.05, 0.1) is 5.69 Å². The molecule has 3 aromatic rings. The Morgan fingerprint density at radius 1 is 1.04 bits per heavy atom. The van der Waals surface area contributed by atoms with Crippen LogP contribution in [0.2, 0.25) is 0 Å². The van der Waals surface area contributed by atoms with Gasteiger partial charge in [-0.1, -0.05) is 23.8 Å². The van der Waals surface area contributed by atoms with Crippen molar-refractivity contribution in [2.45, 2.75) is 24.9 Å². The average Bonchev–Trinajstić information content (AvgIpc) is 3.00. The summed E-state index contributed by atoms with van der Waals surface area (Å²) in [6.07, 6.45) is -0.980. The second-order valence-electron chi connectivity index (χ2n) is 5.70. The highest BCUT2D eigenvalue weighted by Crippen LogP contribution is 2.34. The van der Waals surface area contributed by atoms with Gasteiger partial charge in [0.2, 0.25) is 0 Å². The molecule has 3 rings (SSSR count). The van der Waals surface area contributed by atoms with Gasteiger partial charge in [0.25, 0.3) is 0 Å². The fourth-order valence-corrected chi connectivity index (χ4v) is 2.97. The summed E-state index contributed by atoms with van der Waals surface area (Å²) in [6.45, 7) is 3.81. The van der Waals surface area contributed by atoms with Crippen molar-refractivity contribution >= 4 is 11.8 Å². The highest BCUT2D eigenvalue weighted by atomic mass is 32.2. The van der Waals surface area contributed by atoms with Gasteiger partial charge in [0, 0.05) is 16.7 Å². The molecule has 0 aliphatic rings. The maximum atomic E-state index is 13.2. The van der Waals surface area contributed by atoms with Gasteiger partial charge in [0.1, 0.15) is 0 Å². The molecule has 0 aliphatic heterocycles. The van der Waals surface area contributed by atoms with Gasteiger partial charge in [-0.15, -0.1) is 11.8 Å². The van der Waals surface area contributed by atoms with Crippen molar-refractivity contribution in [1.82, 2.24) is 14.8 Å². The van der Waals surface area contributed by atoms with E-state index in [1.54, 1.807) is 12.3 Å². The molecule has 0 saturated carbocycles.